The number of aliphatic hydroxyl groups is 1. The quantitative estimate of drug-likeness (QED) is 0.668. The fourth-order valence-corrected chi connectivity index (χ4v) is 1.30. The van der Waals surface area contributed by atoms with Gasteiger partial charge in [0.15, 0.2) is 0 Å². The van der Waals surface area contributed by atoms with Gasteiger partial charge < -0.3 is 5.11 Å². The number of aliphatic hydroxyl groups excluding tert-OH is 1. The molecule has 0 aromatic carbocycles. The summed E-state index contributed by atoms with van der Waals surface area (Å²) in [5.41, 5.74) is 0.438. The first-order valence-electron chi connectivity index (χ1n) is 3.69. The summed E-state index contributed by atoms with van der Waals surface area (Å²) in [4.78, 5) is 0. The standard InChI is InChI=1S/C6H11N3O3S/c1-13(11,12)3-2-9-4-6(5-10)7-8-9/h4,10H,2-3,5H2,1H3. The first kappa shape index (κ1) is 10.1. The molecule has 7 heteroatoms. The summed E-state index contributed by atoms with van der Waals surface area (Å²) in [6.45, 7) is 0.0880. The highest BCUT2D eigenvalue weighted by Crippen LogP contribution is 1.93. The van der Waals surface area contributed by atoms with Crippen LogP contribution in [0, 0.1) is 0 Å². The first-order chi connectivity index (χ1) is 6.01. The molecule has 1 aromatic rings. The van der Waals surface area contributed by atoms with Crippen LogP contribution in [0.15, 0.2) is 6.20 Å². The molecule has 6 nitrogen and oxygen atoms in total. The minimum Gasteiger partial charge on any atom is -0.390 e. The van der Waals surface area contributed by atoms with Gasteiger partial charge in [-0.3, -0.25) is 4.68 Å². The Morgan fingerprint density at radius 2 is 2.31 bits per heavy atom. The Morgan fingerprint density at radius 3 is 2.77 bits per heavy atom. The largest absolute Gasteiger partial charge is 0.390 e. The third-order valence-corrected chi connectivity index (χ3v) is 2.36. The lowest BCUT2D eigenvalue weighted by atomic mass is 10.5. The van der Waals surface area contributed by atoms with Gasteiger partial charge in [0.05, 0.1) is 25.1 Å². The smallest absolute Gasteiger partial charge is 0.149 e. The Bertz CT molecular complexity index is 370. The Labute approximate surface area is 76.1 Å². The van der Waals surface area contributed by atoms with E-state index in [1.54, 1.807) is 0 Å². The van der Waals surface area contributed by atoms with E-state index in [1.807, 2.05) is 0 Å². The van der Waals surface area contributed by atoms with Gasteiger partial charge in [-0.05, 0) is 0 Å². The topological polar surface area (TPSA) is 85.1 Å². The van der Waals surface area contributed by atoms with E-state index < -0.39 is 9.84 Å². The van der Waals surface area contributed by atoms with Gasteiger partial charge in [-0.2, -0.15) is 0 Å². The highest BCUT2D eigenvalue weighted by molar-refractivity contribution is 7.90. The lowest BCUT2D eigenvalue weighted by molar-refractivity contribution is 0.276. The van der Waals surface area contributed by atoms with Crippen LogP contribution in [0.4, 0.5) is 0 Å². The summed E-state index contributed by atoms with van der Waals surface area (Å²) in [6, 6.07) is 0. The average Bonchev–Trinajstić information content (AvgIpc) is 2.47. The van der Waals surface area contributed by atoms with Crippen LogP contribution in [0.1, 0.15) is 5.69 Å². The molecule has 0 radical (unpaired) electrons. The van der Waals surface area contributed by atoms with E-state index in [0.29, 0.717) is 5.69 Å². The van der Waals surface area contributed by atoms with Crippen LogP contribution >= 0.6 is 0 Å². The number of aromatic nitrogens is 3. The van der Waals surface area contributed by atoms with Crippen molar-refractivity contribution >= 4 is 9.84 Å². The molecule has 1 N–H and O–H groups in total. The summed E-state index contributed by atoms with van der Waals surface area (Å²) < 4.78 is 22.9. The van der Waals surface area contributed by atoms with Gasteiger partial charge in [0.1, 0.15) is 15.5 Å². The number of hydrogen-bond donors (Lipinski definition) is 1. The maximum atomic E-state index is 10.8. The van der Waals surface area contributed by atoms with Gasteiger partial charge in [-0.25, -0.2) is 8.42 Å². The third-order valence-electron chi connectivity index (χ3n) is 1.44. The van der Waals surface area contributed by atoms with E-state index in [1.165, 1.54) is 10.9 Å². The molecular formula is C6H11N3O3S. The Kier molecular flexibility index (Phi) is 2.99. The van der Waals surface area contributed by atoms with Gasteiger partial charge in [-0.1, -0.05) is 5.21 Å². The lowest BCUT2D eigenvalue weighted by Crippen LogP contribution is -2.11. The van der Waals surface area contributed by atoms with Crippen molar-refractivity contribution in [1.82, 2.24) is 15.0 Å². The van der Waals surface area contributed by atoms with Crippen molar-refractivity contribution < 1.29 is 13.5 Å². The summed E-state index contributed by atoms with van der Waals surface area (Å²) in [5, 5.41) is 15.9. The zero-order chi connectivity index (χ0) is 9.90. The van der Waals surface area contributed by atoms with E-state index in [-0.39, 0.29) is 18.9 Å². The van der Waals surface area contributed by atoms with Gasteiger partial charge in [0.25, 0.3) is 0 Å². The fraction of sp³-hybridized carbons (Fsp3) is 0.667. The van der Waals surface area contributed by atoms with Crippen molar-refractivity contribution in [2.75, 3.05) is 12.0 Å². The predicted octanol–water partition coefficient (Wildman–Crippen LogP) is -1.19. The second-order valence-corrected chi connectivity index (χ2v) is 5.02. The molecule has 74 valence electrons. The second kappa shape index (κ2) is 3.84. The van der Waals surface area contributed by atoms with Crippen LogP contribution in [0.25, 0.3) is 0 Å². The molecule has 0 fully saturated rings. The maximum Gasteiger partial charge on any atom is 0.149 e. The molecule has 0 unspecified atom stereocenters. The summed E-state index contributed by atoms with van der Waals surface area (Å²) in [7, 11) is -2.97. The molecule has 0 spiro atoms. The van der Waals surface area contributed by atoms with E-state index in [2.05, 4.69) is 10.3 Å². The minimum absolute atomic E-state index is 0.0290. The van der Waals surface area contributed by atoms with E-state index in [0.717, 1.165) is 6.26 Å². The second-order valence-electron chi connectivity index (χ2n) is 2.76. The number of hydrogen-bond acceptors (Lipinski definition) is 5. The SMILES string of the molecule is CS(=O)(=O)CCn1cc(CO)nn1. The summed E-state index contributed by atoms with van der Waals surface area (Å²) in [6.07, 6.45) is 2.68. The number of sulfone groups is 1. The zero-order valence-corrected chi connectivity index (χ0v) is 8.03. The molecule has 1 aromatic heterocycles. The maximum absolute atomic E-state index is 10.8. The van der Waals surface area contributed by atoms with Gasteiger partial charge in [0.2, 0.25) is 0 Å². The third kappa shape index (κ3) is 3.51. The summed E-state index contributed by atoms with van der Waals surface area (Å²) in [5.74, 6) is 0.0290. The lowest BCUT2D eigenvalue weighted by Gasteiger charge is -1.96. The molecule has 1 rings (SSSR count). The molecule has 1 heterocycles. The van der Waals surface area contributed by atoms with E-state index in [9.17, 15) is 8.42 Å². The molecule has 13 heavy (non-hydrogen) atoms. The van der Waals surface area contributed by atoms with E-state index in [4.69, 9.17) is 5.11 Å². The predicted molar refractivity (Wildman–Crippen MR) is 45.7 cm³/mol. The molecule has 0 atom stereocenters. The molecule has 0 amide bonds. The zero-order valence-electron chi connectivity index (χ0n) is 7.21. The average molecular weight is 205 g/mol. The molecule has 0 saturated carbocycles. The molecule has 0 aliphatic heterocycles. The molecule has 0 saturated heterocycles. The van der Waals surface area contributed by atoms with Crippen molar-refractivity contribution in [1.29, 1.82) is 0 Å². The summed E-state index contributed by atoms with van der Waals surface area (Å²) >= 11 is 0. The van der Waals surface area contributed by atoms with Crippen molar-refractivity contribution in [3.8, 4) is 0 Å². The van der Waals surface area contributed by atoms with Crippen molar-refractivity contribution in [2.24, 2.45) is 0 Å². The Hall–Kier alpha value is -0.950. The highest BCUT2D eigenvalue weighted by Gasteiger charge is 2.04. The van der Waals surface area contributed by atoms with Crippen LogP contribution in [-0.4, -0.2) is 40.5 Å². The Morgan fingerprint density at radius 1 is 1.62 bits per heavy atom. The highest BCUT2D eigenvalue weighted by atomic mass is 32.2. The number of aryl methyl sites for hydroxylation is 1. The first-order valence-corrected chi connectivity index (χ1v) is 5.75. The monoisotopic (exact) mass is 205 g/mol. The van der Waals surface area contributed by atoms with Crippen LogP contribution in [0.2, 0.25) is 0 Å². The fourth-order valence-electron chi connectivity index (χ4n) is 0.780. The number of rotatable bonds is 4. The normalized spacial score (nSPS) is 11.8. The molecule has 0 aliphatic carbocycles. The van der Waals surface area contributed by atoms with Crippen molar-refractivity contribution in [3.05, 3.63) is 11.9 Å². The van der Waals surface area contributed by atoms with Crippen LogP contribution in [-0.2, 0) is 23.0 Å². The van der Waals surface area contributed by atoms with Crippen molar-refractivity contribution in [2.45, 2.75) is 13.2 Å². The Balaban J connectivity index is 2.55. The van der Waals surface area contributed by atoms with Gasteiger partial charge in [-0.15, -0.1) is 5.10 Å². The van der Waals surface area contributed by atoms with Crippen LogP contribution in [0.3, 0.4) is 0 Å². The minimum atomic E-state index is -2.97. The van der Waals surface area contributed by atoms with E-state index >= 15 is 0 Å². The molecule has 0 bridgehead atoms. The van der Waals surface area contributed by atoms with Gasteiger partial charge >= 0.3 is 0 Å². The molecule has 0 aliphatic rings. The molecular weight excluding hydrogens is 194 g/mol. The number of nitrogens with zero attached hydrogens (tertiary/aromatic N) is 3. The van der Waals surface area contributed by atoms with Gasteiger partial charge in [0, 0.05) is 6.26 Å². The van der Waals surface area contributed by atoms with Crippen LogP contribution < -0.4 is 0 Å². The van der Waals surface area contributed by atoms with Crippen molar-refractivity contribution in [3.63, 3.8) is 0 Å². The van der Waals surface area contributed by atoms with Crippen LogP contribution in [0.5, 0.6) is 0 Å².